The molecule has 1 aliphatic rings. The Balaban J connectivity index is 1.49. The Morgan fingerprint density at radius 2 is 2.07 bits per heavy atom. The molecule has 5 nitrogen and oxygen atoms in total. The fraction of sp³-hybridized carbons (Fsp3) is 0.409. The predicted molar refractivity (Wildman–Crippen MR) is 109 cm³/mol. The minimum atomic E-state index is -0.0694. The Bertz CT molecular complexity index is 948. The van der Waals surface area contributed by atoms with Crippen LogP contribution in [0.4, 0.5) is 0 Å². The molecule has 0 unspecified atom stereocenters. The number of benzene rings is 1. The zero-order valence-corrected chi connectivity index (χ0v) is 17.2. The lowest BCUT2D eigenvalue weighted by Crippen LogP contribution is -2.39. The van der Waals surface area contributed by atoms with Crippen molar-refractivity contribution >= 4 is 17.2 Å². The minimum absolute atomic E-state index is 0.0694. The van der Waals surface area contributed by atoms with E-state index < -0.39 is 0 Å². The van der Waals surface area contributed by atoms with Crippen LogP contribution < -0.4 is 0 Å². The number of rotatable bonds is 5. The highest BCUT2D eigenvalue weighted by atomic mass is 32.1. The van der Waals surface area contributed by atoms with Gasteiger partial charge in [0.2, 0.25) is 11.8 Å². The van der Waals surface area contributed by atoms with Crippen LogP contribution in [0.5, 0.6) is 0 Å². The summed E-state index contributed by atoms with van der Waals surface area (Å²) in [6.45, 7) is 4.72. The third-order valence-electron chi connectivity index (χ3n) is 5.21. The number of thiazole rings is 1. The maximum absolute atomic E-state index is 13.0. The number of amides is 1. The first-order valence-corrected chi connectivity index (χ1v) is 10.6. The lowest BCUT2D eigenvalue weighted by atomic mass is 10.0. The van der Waals surface area contributed by atoms with Crippen LogP contribution in [0.1, 0.15) is 58.1 Å². The SMILES string of the molecule is Cc1nc(C)c(CC(=O)N2CCCC[C@@H]2c2ncc(Cc3ccccc3)o2)s1. The van der Waals surface area contributed by atoms with Crippen molar-refractivity contribution in [2.45, 2.75) is 52.0 Å². The van der Waals surface area contributed by atoms with E-state index in [4.69, 9.17) is 4.42 Å². The number of hydrogen-bond acceptors (Lipinski definition) is 5. The summed E-state index contributed by atoms with van der Waals surface area (Å²) in [7, 11) is 0. The van der Waals surface area contributed by atoms with Crippen molar-refractivity contribution in [2.24, 2.45) is 0 Å². The van der Waals surface area contributed by atoms with Gasteiger partial charge in [-0.05, 0) is 38.7 Å². The van der Waals surface area contributed by atoms with E-state index in [1.165, 1.54) is 5.56 Å². The molecular formula is C22H25N3O2S. The van der Waals surface area contributed by atoms with E-state index in [1.54, 1.807) is 17.5 Å². The number of hydrogen-bond donors (Lipinski definition) is 0. The molecule has 1 atom stereocenters. The molecule has 1 fully saturated rings. The third kappa shape index (κ3) is 4.17. The molecule has 6 heteroatoms. The lowest BCUT2D eigenvalue weighted by Gasteiger charge is -2.33. The number of piperidine rings is 1. The van der Waals surface area contributed by atoms with Crippen molar-refractivity contribution in [2.75, 3.05) is 6.54 Å². The lowest BCUT2D eigenvalue weighted by molar-refractivity contribution is -0.134. The molecule has 0 aliphatic carbocycles. The number of carbonyl (C=O) groups excluding carboxylic acids is 1. The van der Waals surface area contributed by atoms with Gasteiger partial charge in [-0.2, -0.15) is 0 Å². The summed E-state index contributed by atoms with van der Waals surface area (Å²) >= 11 is 1.61. The maximum atomic E-state index is 13.0. The van der Waals surface area contributed by atoms with E-state index in [1.807, 2.05) is 36.9 Å². The highest BCUT2D eigenvalue weighted by Gasteiger charge is 2.31. The molecule has 1 aliphatic heterocycles. The summed E-state index contributed by atoms with van der Waals surface area (Å²) < 4.78 is 6.07. The maximum Gasteiger partial charge on any atom is 0.228 e. The molecule has 1 aromatic carbocycles. The van der Waals surface area contributed by atoms with Crippen LogP contribution in [0.15, 0.2) is 40.9 Å². The summed E-state index contributed by atoms with van der Waals surface area (Å²) in [6.07, 6.45) is 5.94. The van der Waals surface area contributed by atoms with Crippen molar-refractivity contribution in [1.29, 1.82) is 0 Å². The van der Waals surface area contributed by atoms with Crippen molar-refractivity contribution in [1.82, 2.24) is 14.9 Å². The van der Waals surface area contributed by atoms with Crippen LogP contribution in [0.3, 0.4) is 0 Å². The molecule has 3 aromatic rings. The first kappa shape index (κ1) is 18.9. The molecule has 2 aromatic heterocycles. The molecule has 0 bridgehead atoms. The number of nitrogens with zero attached hydrogens (tertiary/aromatic N) is 3. The second-order valence-corrected chi connectivity index (χ2v) is 8.63. The van der Waals surface area contributed by atoms with Gasteiger partial charge in [0, 0.05) is 17.8 Å². The van der Waals surface area contributed by atoms with Gasteiger partial charge in [0.25, 0.3) is 0 Å². The minimum Gasteiger partial charge on any atom is -0.443 e. The fourth-order valence-corrected chi connectivity index (χ4v) is 4.75. The van der Waals surface area contributed by atoms with Crippen LogP contribution in [0.2, 0.25) is 0 Å². The van der Waals surface area contributed by atoms with Gasteiger partial charge >= 0.3 is 0 Å². The van der Waals surface area contributed by atoms with Crippen molar-refractivity contribution in [3.63, 3.8) is 0 Å². The highest BCUT2D eigenvalue weighted by molar-refractivity contribution is 7.11. The van der Waals surface area contributed by atoms with Crippen LogP contribution >= 0.6 is 11.3 Å². The molecule has 0 saturated carbocycles. The second-order valence-electron chi connectivity index (χ2n) is 7.34. The van der Waals surface area contributed by atoms with Crippen LogP contribution in [0.25, 0.3) is 0 Å². The Morgan fingerprint density at radius 1 is 1.25 bits per heavy atom. The topological polar surface area (TPSA) is 59.2 Å². The summed E-state index contributed by atoms with van der Waals surface area (Å²) in [6, 6.07) is 10.2. The number of aromatic nitrogens is 2. The number of aryl methyl sites for hydroxylation is 2. The van der Waals surface area contributed by atoms with Gasteiger partial charge in [-0.25, -0.2) is 9.97 Å². The van der Waals surface area contributed by atoms with E-state index >= 15 is 0 Å². The molecule has 1 saturated heterocycles. The molecule has 28 heavy (non-hydrogen) atoms. The average Bonchev–Trinajstić information content (AvgIpc) is 3.28. The molecule has 0 spiro atoms. The normalized spacial score (nSPS) is 17.1. The molecule has 3 heterocycles. The van der Waals surface area contributed by atoms with E-state index in [-0.39, 0.29) is 11.9 Å². The van der Waals surface area contributed by atoms with E-state index in [2.05, 4.69) is 22.1 Å². The summed E-state index contributed by atoms with van der Waals surface area (Å²) in [5.74, 6) is 1.64. The van der Waals surface area contributed by atoms with Crippen LogP contribution in [0, 0.1) is 13.8 Å². The zero-order valence-electron chi connectivity index (χ0n) is 16.4. The van der Waals surface area contributed by atoms with Crippen molar-refractivity contribution in [3.8, 4) is 0 Å². The molecule has 1 amide bonds. The molecular weight excluding hydrogens is 370 g/mol. The summed E-state index contributed by atoms with van der Waals surface area (Å²) in [4.78, 5) is 25.0. The van der Waals surface area contributed by atoms with E-state index in [9.17, 15) is 4.79 Å². The molecule has 146 valence electrons. The van der Waals surface area contributed by atoms with Gasteiger partial charge in [0.15, 0.2) is 0 Å². The van der Waals surface area contributed by atoms with Crippen LogP contribution in [-0.4, -0.2) is 27.3 Å². The number of carbonyl (C=O) groups is 1. The van der Waals surface area contributed by atoms with Gasteiger partial charge in [-0.15, -0.1) is 11.3 Å². The van der Waals surface area contributed by atoms with Gasteiger partial charge in [-0.1, -0.05) is 30.3 Å². The zero-order chi connectivity index (χ0) is 19.5. The monoisotopic (exact) mass is 395 g/mol. The first-order valence-electron chi connectivity index (χ1n) is 9.81. The van der Waals surface area contributed by atoms with E-state index in [0.717, 1.165) is 47.1 Å². The fourth-order valence-electron chi connectivity index (χ4n) is 3.82. The number of likely N-dealkylation sites (tertiary alicyclic amines) is 1. The quantitative estimate of drug-likeness (QED) is 0.632. The summed E-state index contributed by atoms with van der Waals surface area (Å²) in [5, 5.41) is 1.01. The van der Waals surface area contributed by atoms with Gasteiger partial charge in [0.1, 0.15) is 11.8 Å². The number of oxazole rings is 1. The largest absolute Gasteiger partial charge is 0.443 e. The van der Waals surface area contributed by atoms with E-state index in [0.29, 0.717) is 18.7 Å². The molecule has 4 rings (SSSR count). The Labute approximate surface area is 169 Å². The standard InChI is InChI=1S/C22H25N3O2S/c1-15-20(28-16(2)24-15)13-21(26)25-11-7-6-10-19(25)22-23-14-18(27-22)12-17-8-4-3-5-9-17/h3-5,8-9,14,19H,6-7,10-13H2,1-2H3/t19-/m1/s1. The molecule has 0 radical (unpaired) electrons. The predicted octanol–water partition coefficient (Wildman–Crippen LogP) is 4.64. The first-order chi connectivity index (χ1) is 13.6. The Kier molecular flexibility index (Phi) is 5.57. The average molecular weight is 396 g/mol. The van der Waals surface area contributed by atoms with Gasteiger partial charge in [0.05, 0.1) is 23.3 Å². The summed E-state index contributed by atoms with van der Waals surface area (Å²) in [5.41, 5.74) is 2.16. The van der Waals surface area contributed by atoms with Gasteiger partial charge in [-0.3, -0.25) is 4.79 Å². The van der Waals surface area contributed by atoms with Crippen molar-refractivity contribution < 1.29 is 9.21 Å². The van der Waals surface area contributed by atoms with Crippen molar-refractivity contribution in [3.05, 3.63) is 69.3 Å². The highest BCUT2D eigenvalue weighted by Crippen LogP contribution is 2.32. The molecule has 0 N–H and O–H groups in total. The Hall–Kier alpha value is -2.47. The third-order valence-corrected chi connectivity index (χ3v) is 6.29. The van der Waals surface area contributed by atoms with Gasteiger partial charge < -0.3 is 9.32 Å². The second kappa shape index (κ2) is 8.27. The Morgan fingerprint density at radius 3 is 2.82 bits per heavy atom. The van der Waals surface area contributed by atoms with Crippen LogP contribution in [-0.2, 0) is 17.6 Å². The smallest absolute Gasteiger partial charge is 0.228 e.